The molecule has 7 nitrogen and oxygen atoms in total. The lowest BCUT2D eigenvalue weighted by atomic mass is 10.1. The van der Waals surface area contributed by atoms with Gasteiger partial charge in [0.05, 0.1) is 18.8 Å². The SMILES string of the molecule is NNC(=O)Nc1sc2c(c1C(N)=O)CCOC2. The average Bonchev–Trinajstić information content (AvgIpc) is 2.66. The minimum absolute atomic E-state index is 0.358. The number of rotatable bonds is 2. The summed E-state index contributed by atoms with van der Waals surface area (Å²) in [6.07, 6.45) is 0.621. The molecule has 0 bridgehead atoms. The number of nitrogens with one attached hydrogen (secondary N) is 2. The van der Waals surface area contributed by atoms with Crippen LogP contribution < -0.4 is 22.3 Å². The maximum absolute atomic E-state index is 11.4. The van der Waals surface area contributed by atoms with Gasteiger partial charge in [-0.2, -0.15) is 0 Å². The first-order valence-electron chi connectivity index (χ1n) is 4.93. The van der Waals surface area contributed by atoms with Gasteiger partial charge in [-0.25, -0.2) is 10.6 Å². The highest BCUT2D eigenvalue weighted by Crippen LogP contribution is 2.36. The highest BCUT2D eigenvalue weighted by Gasteiger charge is 2.25. The molecule has 2 heterocycles. The Bertz CT molecular complexity index is 471. The van der Waals surface area contributed by atoms with Crippen LogP contribution in [-0.4, -0.2) is 18.5 Å². The van der Waals surface area contributed by atoms with E-state index in [1.807, 2.05) is 5.43 Å². The number of thiophene rings is 1. The second kappa shape index (κ2) is 4.70. The molecule has 1 aliphatic rings. The number of primary amides is 1. The van der Waals surface area contributed by atoms with Crippen molar-refractivity contribution in [3.05, 3.63) is 16.0 Å². The zero-order valence-electron chi connectivity index (χ0n) is 8.91. The molecule has 1 aromatic heterocycles. The van der Waals surface area contributed by atoms with Gasteiger partial charge in [0.1, 0.15) is 5.00 Å². The minimum atomic E-state index is -0.591. The predicted octanol–water partition coefficient (Wildman–Crippen LogP) is -0.0851. The molecule has 6 N–H and O–H groups in total. The molecule has 0 spiro atoms. The van der Waals surface area contributed by atoms with E-state index in [9.17, 15) is 9.59 Å². The standard InChI is InChI=1S/C9H12N4O3S/c10-7(14)6-4-1-2-16-3-5(4)17-8(6)12-9(15)13-11/h1-3,11H2,(H2,10,14)(H2,12,13,15). The Morgan fingerprint density at radius 3 is 2.82 bits per heavy atom. The summed E-state index contributed by atoms with van der Waals surface area (Å²) in [6, 6.07) is -0.591. The van der Waals surface area contributed by atoms with Crippen LogP contribution in [0.3, 0.4) is 0 Å². The molecule has 0 fully saturated rings. The van der Waals surface area contributed by atoms with Gasteiger partial charge in [0.2, 0.25) is 0 Å². The molecule has 17 heavy (non-hydrogen) atoms. The Morgan fingerprint density at radius 1 is 1.41 bits per heavy atom. The van der Waals surface area contributed by atoms with Gasteiger partial charge in [0, 0.05) is 4.88 Å². The van der Waals surface area contributed by atoms with Gasteiger partial charge in [0.15, 0.2) is 0 Å². The number of hydrogen-bond acceptors (Lipinski definition) is 5. The van der Waals surface area contributed by atoms with Crippen molar-refractivity contribution in [1.29, 1.82) is 0 Å². The number of nitrogens with two attached hydrogens (primary N) is 2. The number of carbonyl (C=O) groups is 2. The van der Waals surface area contributed by atoms with Crippen molar-refractivity contribution in [3.63, 3.8) is 0 Å². The van der Waals surface area contributed by atoms with Crippen molar-refractivity contribution in [3.8, 4) is 0 Å². The third-order valence-electron chi connectivity index (χ3n) is 2.42. The molecule has 0 saturated heterocycles. The van der Waals surface area contributed by atoms with Crippen LogP contribution >= 0.6 is 11.3 Å². The Morgan fingerprint density at radius 2 is 2.18 bits per heavy atom. The van der Waals surface area contributed by atoms with E-state index in [0.717, 1.165) is 10.4 Å². The molecule has 0 saturated carbocycles. The maximum Gasteiger partial charge on any atom is 0.333 e. The van der Waals surface area contributed by atoms with Gasteiger partial charge in [-0.05, 0) is 12.0 Å². The summed E-state index contributed by atoms with van der Waals surface area (Å²) in [5.74, 6) is 4.41. The van der Waals surface area contributed by atoms with Gasteiger partial charge in [-0.15, -0.1) is 11.3 Å². The van der Waals surface area contributed by atoms with E-state index in [1.54, 1.807) is 0 Å². The maximum atomic E-state index is 11.4. The second-order valence-corrected chi connectivity index (χ2v) is 4.58. The zero-order valence-corrected chi connectivity index (χ0v) is 9.73. The highest BCUT2D eigenvalue weighted by molar-refractivity contribution is 7.17. The Balaban J connectivity index is 2.40. The first-order chi connectivity index (χ1) is 8.13. The van der Waals surface area contributed by atoms with Gasteiger partial charge in [0.25, 0.3) is 5.91 Å². The highest BCUT2D eigenvalue weighted by atomic mass is 32.1. The molecular formula is C9H12N4O3S. The first kappa shape index (κ1) is 11.8. The Labute approximate surface area is 101 Å². The molecule has 8 heteroatoms. The van der Waals surface area contributed by atoms with E-state index >= 15 is 0 Å². The number of anilines is 1. The lowest BCUT2D eigenvalue weighted by Crippen LogP contribution is -2.34. The van der Waals surface area contributed by atoms with E-state index in [-0.39, 0.29) is 0 Å². The van der Waals surface area contributed by atoms with Crippen LogP contribution in [0.25, 0.3) is 0 Å². The fourth-order valence-corrected chi connectivity index (χ4v) is 2.91. The van der Waals surface area contributed by atoms with E-state index < -0.39 is 11.9 Å². The number of amides is 3. The average molecular weight is 256 g/mol. The molecule has 0 aromatic carbocycles. The summed E-state index contributed by atoms with van der Waals surface area (Å²) < 4.78 is 5.28. The zero-order chi connectivity index (χ0) is 12.4. The monoisotopic (exact) mass is 256 g/mol. The molecule has 2 rings (SSSR count). The lowest BCUT2D eigenvalue weighted by molar-refractivity contribution is 0.0991. The van der Waals surface area contributed by atoms with E-state index in [4.69, 9.17) is 16.3 Å². The minimum Gasteiger partial charge on any atom is -0.376 e. The summed E-state index contributed by atoms with van der Waals surface area (Å²) in [5.41, 5.74) is 8.48. The molecule has 0 aliphatic carbocycles. The van der Waals surface area contributed by atoms with Crippen molar-refractivity contribution in [2.24, 2.45) is 11.6 Å². The topological polar surface area (TPSA) is 119 Å². The summed E-state index contributed by atoms with van der Waals surface area (Å²) in [5, 5.41) is 2.90. The van der Waals surface area contributed by atoms with Crippen molar-refractivity contribution >= 4 is 28.3 Å². The number of ether oxygens (including phenoxy) is 1. The molecule has 0 atom stereocenters. The van der Waals surface area contributed by atoms with Crippen molar-refractivity contribution in [2.45, 2.75) is 13.0 Å². The smallest absolute Gasteiger partial charge is 0.333 e. The molecule has 0 radical (unpaired) electrons. The number of hydrazine groups is 1. The number of urea groups is 1. The predicted molar refractivity (Wildman–Crippen MR) is 62.5 cm³/mol. The third-order valence-corrected chi connectivity index (χ3v) is 3.55. The molecular weight excluding hydrogens is 244 g/mol. The van der Waals surface area contributed by atoms with Crippen molar-refractivity contribution < 1.29 is 14.3 Å². The van der Waals surface area contributed by atoms with Gasteiger partial charge < -0.3 is 10.5 Å². The van der Waals surface area contributed by atoms with Crippen LogP contribution in [0.1, 0.15) is 20.8 Å². The van der Waals surface area contributed by atoms with E-state index in [1.165, 1.54) is 11.3 Å². The number of hydrogen-bond donors (Lipinski definition) is 4. The Hall–Kier alpha value is -1.64. The lowest BCUT2D eigenvalue weighted by Gasteiger charge is -2.12. The van der Waals surface area contributed by atoms with Crippen LogP contribution in [0.4, 0.5) is 9.80 Å². The molecule has 1 aliphatic heterocycles. The van der Waals surface area contributed by atoms with Crippen molar-refractivity contribution in [1.82, 2.24) is 5.43 Å². The Kier molecular flexibility index (Phi) is 3.27. The van der Waals surface area contributed by atoms with Crippen LogP contribution in [0, 0.1) is 0 Å². The summed E-state index contributed by atoms with van der Waals surface area (Å²) in [4.78, 5) is 23.5. The van der Waals surface area contributed by atoms with Crippen molar-refractivity contribution in [2.75, 3.05) is 11.9 Å². The fraction of sp³-hybridized carbons (Fsp3) is 0.333. The molecule has 3 amide bonds. The number of fused-ring (bicyclic) bond motifs is 1. The summed E-state index contributed by atoms with van der Waals surface area (Å²) in [7, 11) is 0. The molecule has 1 aromatic rings. The fourth-order valence-electron chi connectivity index (χ4n) is 1.72. The number of carbonyl (C=O) groups excluding carboxylic acids is 2. The van der Waals surface area contributed by atoms with Crippen LogP contribution in [0.2, 0.25) is 0 Å². The van der Waals surface area contributed by atoms with E-state index in [0.29, 0.717) is 30.2 Å². The first-order valence-corrected chi connectivity index (χ1v) is 5.74. The second-order valence-electron chi connectivity index (χ2n) is 3.47. The van der Waals surface area contributed by atoms with Gasteiger partial charge in [-0.3, -0.25) is 15.5 Å². The van der Waals surface area contributed by atoms with Gasteiger partial charge >= 0.3 is 6.03 Å². The largest absolute Gasteiger partial charge is 0.376 e. The van der Waals surface area contributed by atoms with Crippen LogP contribution in [0.5, 0.6) is 0 Å². The molecule has 0 unspecified atom stereocenters. The summed E-state index contributed by atoms with van der Waals surface area (Å²) >= 11 is 1.28. The van der Waals surface area contributed by atoms with Crippen LogP contribution in [-0.2, 0) is 17.8 Å². The van der Waals surface area contributed by atoms with Gasteiger partial charge in [-0.1, -0.05) is 0 Å². The quantitative estimate of drug-likeness (QED) is 0.336. The third kappa shape index (κ3) is 2.23. The normalized spacial score (nSPS) is 13.9. The molecule has 92 valence electrons. The van der Waals surface area contributed by atoms with E-state index in [2.05, 4.69) is 5.32 Å². The summed E-state index contributed by atoms with van der Waals surface area (Å²) in [6.45, 7) is 0.985. The van der Waals surface area contributed by atoms with Crippen LogP contribution in [0.15, 0.2) is 0 Å².